The molecule has 4 aliphatic rings. The van der Waals surface area contributed by atoms with E-state index in [-0.39, 0.29) is 11.9 Å². The van der Waals surface area contributed by atoms with E-state index in [4.69, 9.17) is 21.3 Å². The molecule has 2 saturated heterocycles. The van der Waals surface area contributed by atoms with Crippen LogP contribution in [0, 0.1) is 0 Å². The van der Waals surface area contributed by atoms with E-state index >= 15 is 0 Å². The molecule has 1 amide bonds. The predicted octanol–water partition coefficient (Wildman–Crippen LogP) is 8.90. The number of likely N-dealkylation sites (tertiary alicyclic amines) is 2. The average molecular weight is 692 g/mol. The zero-order chi connectivity index (χ0) is 33.9. The molecule has 6 nitrogen and oxygen atoms in total. The predicted molar refractivity (Wildman–Crippen MR) is 198 cm³/mol. The molecule has 0 radical (unpaired) electrons. The summed E-state index contributed by atoms with van der Waals surface area (Å²) in [5.41, 5.74) is 13.9. The number of rotatable bonds is 1. The first-order chi connectivity index (χ1) is 23.9. The SMILES string of the molecule is CCOC(=O)N1CCC(=C2c3ccc(Cl)cc3CCc3cccnc32)CC1.CN1CCC(=C2c3ccccc3CC(=O)c3sccc32)CC1. The Kier molecular flexibility index (Phi) is 10.1. The monoisotopic (exact) mass is 691 g/mol. The molecule has 4 aromatic rings. The van der Waals surface area contributed by atoms with Crippen molar-refractivity contribution in [2.75, 3.05) is 39.8 Å². The maximum atomic E-state index is 12.6. The largest absolute Gasteiger partial charge is 0.450 e. The van der Waals surface area contributed by atoms with Gasteiger partial charge in [-0.1, -0.05) is 59.1 Å². The lowest BCUT2D eigenvalue weighted by Crippen LogP contribution is -2.37. The quantitative estimate of drug-likeness (QED) is 0.200. The molecule has 2 aromatic heterocycles. The fourth-order valence-electron chi connectivity index (χ4n) is 7.62. The van der Waals surface area contributed by atoms with Crippen molar-refractivity contribution in [3.63, 3.8) is 0 Å². The normalized spacial score (nSPS) is 17.5. The first kappa shape index (κ1) is 33.5. The Bertz CT molecular complexity index is 1940. The maximum absolute atomic E-state index is 12.6. The fraction of sp³-hybridized carbons (Fsp3) is 0.341. The highest BCUT2D eigenvalue weighted by atomic mass is 35.5. The third kappa shape index (κ3) is 7.03. The number of Topliss-reactive ketones (excluding diaryl/α,β-unsaturated/α-hetero) is 1. The molecule has 0 spiro atoms. The molecule has 0 atom stereocenters. The molecular weight excluding hydrogens is 650 g/mol. The number of amides is 1. The number of halogens is 1. The minimum Gasteiger partial charge on any atom is -0.450 e. The topological polar surface area (TPSA) is 62.7 Å². The van der Waals surface area contributed by atoms with Crippen molar-refractivity contribution in [3.05, 3.63) is 132 Å². The van der Waals surface area contributed by atoms with Gasteiger partial charge in [0.15, 0.2) is 5.78 Å². The Hall–Kier alpha value is -4.04. The average Bonchev–Trinajstić information content (AvgIpc) is 3.49. The van der Waals surface area contributed by atoms with Gasteiger partial charge in [0, 0.05) is 55.0 Å². The molecule has 252 valence electrons. The highest BCUT2D eigenvalue weighted by molar-refractivity contribution is 7.12. The number of carbonyl (C=O) groups is 2. The Morgan fingerprint density at radius 3 is 2.31 bits per heavy atom. The number of carbonyl (C=O) groups excluding carboxylic acids is 2. The molecule has 2 fully saturated rings. The van der Waals surface area contributed by atoms with Gasteiger partial charge in [-0.15, -0.1) is 11.3 Å². The first-order valence-corrected chi connectivity index (χ1v) is 18.6. The van der Waals surface area contributed by atoms with E-state index in [0.717, 1.165) is 67.2 Å². The lowest BCUT2D eigenvalue weighted by atomic mass is 9.88. The summed E-state index contributed by atoms with van der Waals surface area (Å²) >= 11 is 7.86. The number of ether oxygens (including phenoxy) is 1. The van der Waals surface area contributed by atoms with Gasteiger partial charge in [0.2, 0.25) is 0 Å². The summed E-state index contributed by atoms with van der Waals surface area (Å²) in [7, 11) is 2.18. The number of aromatic nitrogens is 1. The number of thiophene rings is 1. The molecule has 4 heterocycles. The second-order valence-electron chi connectivity index (χ2n) is 13.2. The van der Waals surface area contributed by atoms with Crippen LogP contribution in [0.3, 0.4) is 0 Å². The second kappa shape index (κ2) is 14.8. The van der Waals surface area contributed by atoms with Crippen LogP contribution < -0.4 is 0 Å². The van der Waals surface area contributed by atoms with Crippen LogP contribution >= 0.6 is 22.9 Å². The lowest BCUT2D eigenvalue weighted by molar-refractivity contribution is 0.0995. The van der Waals surface area contributed by atoms with Crippen molar-refractivity contribution >= 4 is 46.0 Å². The summed E-state index contributed by atoms with van der Waals surface area (Å²) in [6.07, 6.45) is 7.98. The van der Waals surface area contributed by atoms with Crippen LogP contribution in [0.4, 0.5) is 4.79 Å². The Balaban J connectivity index is 0.000000157. The summed E-state index contributed by atoms with van der Waals surface area (Å²) in [4.78, 5) is 34.5. The van der Waals surface area contributed by atoms with E-state index in [9.17, 15) is 9.59 Å². The second-order valence-corrected chi connectivity index (χ2v) is 14.5. The van der Waals surface area contributed by atoms with E-state index in [1.54, 1.807) is 16.2 Å². The number of piperidine rings is 2. The Morgan fingerprint density at radius 2 is 1.51 bits per heavy atom. The molecular formula is C41H42ClN3O3S. The van der Waals surface area contributed by atoms with Gasteiger partial charge in [-0.25, -0.2) is 4.79 Å². The molecule has 8 rings (SSSR count). The molecule has 0 saturated carbocycles. The van der Waals surface area contributed by atoms with Crippen molar-refractivity contribution < 1.29 is 14.3 Å². The van der Waals surface area contributed by atoms with Gasteiger partial charge in [-0.2, -0.15) is 0 Å². The van der Waals surface area contributed by atoms with Gasteiger partial charge in [-0.3, -0.25) is 9.78 Å². The minimum absolute atomic E-state index is 0.215. The van der Waals surface area contributed by atoms with Crippen molar-refractivity contribution in [1.82, 2.24) is 14.8 Å². The minimum atomic E-state index is -0.215. The number of benzene rings is 2. The van der Waals surface area contributed by atoms with Gasteiger partial charge >= 0.3 is 6.09 Å². The van der Waals surface area contributed by atoms with Crippen LogP contribution in [-0.2, 0) is 24.0 Å². The smallest absolute Gasteiger partial charge is 0.409 e. The molecule has 49 heavy (non-hydrogen) atoms. The standard InChI is InChI=1S/C22H23ClN2O2.C19H19NOS/c1-2-27-22(26)25-12-9-15(10-13-25)20-19-8-7-18(23)14-17(19)6-5-16-4-3-11-24-21(16)20;1-20-9-6-13(7-10-20)18-15-5-3-2-4-14(15)12-17(21)19-16(18)8-11-22-19/h3-4,7-8,11,14H,2,5-6,9-10,12-13H2,1H3;2-5,8,11H,6-7,9-10,12H2,1H3. The van der Waals surface area contributed by atoms with E-state index in [0.29, 0.717) is 26.1 Å². The molecule has 2 aliphatic carbocycles. The van der Waals surface area contributed by atoms with Crippen molar-refractivity contribution in [2.45, 2.75) is 51.9 Å². The van der Waals surface area contributed by atoms with E-state index in [2.05, 4.69) is 59.8 Å². The molecule has 8 heteroatoms. The van der Waals surface area contributed by atoms with Crippen molar-refractivity contribution in [1.29, 1.82) is 0 Å². The summed E-state index contributed by atoms with van der Waals surface area (Å²) < 4.78 is 5.15. The highest BCUT2D eigenvalue weighted by Crippen LogP contribution is 2.41. The Labute approximate surface area is 298 Å². The first-order valence-electron chi connectivity index (χ1n) is 17.4. The van der Waals surface area contributed by atoms with E-state index in [1.165, 1.54) is 55.7 Å². The third-order valence-electron chi connectivity index (χ3n) is 10.1. The third-order valence-corrected chi connectivity index (χ3v) is 11.3. The number of nitrogens with zero attached hydrogens (tertiary/aromatic N) is 3. The molecule has 0 bridgehead atoms. The van der Waals surface area contributed by atoms with E-state index in [1.807, 2.05) is 31.3 Å². The van der Waals surface area contributed by atoms with E-state index < -0.39 is 0 Å². The summed E-state index contributed by atoms with van der Waals surface area (Å²) in [5.74, 6) is 0.265. The number of hydrogen-bond donors (Lipinski definition) is 0. The van der Waals surface area contributed by atoms with Crippen LogP contribution in [-0.4, -0.2) is 66.5 Å². The van der Waals surface area contributed by atoms with Crippen molar-refractivity contribution in [2.24, 2.45) is 0 Å². The number of hydrogen-bond acceptors (Lipinski definition) is 6. The summed E-state index contributed by atoms with van der Waals surface area (Å²) in [6, 6.07) is 20.9. The molecule has 0 N–H and O–H groups in total. The summed E-state index contributed by atoms with van der Waals surface area (Å²) in [5, 5.41) is 2.83. The van der Waals surface area contributed by atoms with Gasteiger partial charge in [0.1, 0.15) is 0 Å². The van der Waals surface area contributed by atoms with Gasteiger partial charge in [0.25, 0.3) is 0 Å². The molecule has 0 unspecified atom stereocenters. The van der Waals surface area contributed by atoms with Crippen LogP contribution in [0.15, 0.2) is 83.4 Å². The number of aryl methyl sites for hydroxylation is 2. The van der Waals surface area contributed by atoms with Gasteiger partial charge < -0.3 is 14.5 Å². The fourth-order valence-corrected chi connectivity index (χ4v) is 8.65. The van der Waals surface area contributed by atoms with Crippen LogP contribution in [0.2, 0.25) is 5.02 Å². The highest BCUT2D eigenvalue weighted by Gasteiger charge is 2.29. The molecule has 2 aliphatic heterocycles. The van der Waals surface area contributed by atoms with Crippen LogP contribution in [0.1, 0.15) is 81.4 Å². The number of fused-ring (bicyclic) bond motifs is 4. The van der Waals surface area contributed by atoms with Gasteiger partial charge in [-0.05, 0) is 116 Å². The number of ketones is 1. The lowest BCUT2D eigenvalue weighted by Gasteiger charge is -2.29. The Morgan fingerprint density at radius 1 is 0.816 bits per heavy atom. The molecule has 2 aromatic carbocycles. The zero-order valence-electron chi connectivity index (χ0n) is 28.3. The summed E-state index contributed by atoms with van der Waals surface area (Å²) in [6.45, 7) is 5.83. The van der Waals surface area contributed by atoms with Crippen LogP contribution in [0.5, 0.6) is 0 Å². The van der Waals surface area contributed by atoms with Gasteiger partial charge in [0.05, 0.1) is 17.2 Å². The van der Waals surface area contributed by atoms with Crippen LogP contribution in [0.25, 0.3) is 11.1 Å². The zero-order valence-corrected chi connectivity index (χ0v) is 29.8. The van der Waals surface area contributed by atoms with Crippen molar-refractivity contribution in [3.8, 4) is 0 Å². The number of pyridine rings is 1. The maximum Gasteiger partial charge on any atom is 0.409 e.